The molecule has 0 bridgehead atoms. The Morgan fingerprint density at radius 2 is 2.00 bits per heavy atom. The van der Waals surface area contributed by atoms with Crippen molar-refractivity contribution < 1.29 is 4.79 Å². The summed E-state index contributed by atoms with van der Waals surface area (Å²) in [6.07, 6.45) is 5.56. The van der Waals surface area contributed by atoms with Crippen LogP contribution in [0.2, 0.25) is 0 Å². The molecule has 23 heavy (non-hydrogen) atoms. The molecule has 1 aliphatic carbocycles. The number of hydrogen-bond donors (Lipinski definition) is 2. The van der Waals surface area contributed by atoms with Crippen LogP contribution in [0.25, 0.3) is 0 Å². The molecule has 5 heteroatoms. The van der Waals surface area contributed by atoms with Crippen molar-refractivity contribution in [1.29, 1.82) is 0 Å². The number of carbonyl (C=O) groups is 1. The lowest BCUT2D eigenvalue weighted by Crippen LogP contribution is -2.42. The van der Waals surface area contributed by atoms with Crippen LogP contribution in [0.5, 0.6) is 0 Å². The lowest BCUT2D eigenvalue weighted by molar-refractivity contribution is 0.236. The highest BCUT2D eigenvalue weighted by Gasteiger charge is 2.22. The van der Waals surface area contributed by atoms with E-state index >= 15 is 0 Å². The molecule has 0 fully saturated rings. The lowest BCUT2D eigenvalue weighted by Gasteiger charge is -2.14. The fourth-order valence-electron chi connectivity index (χ4n) is 3.12. The van der Waals surface area contributed by atoms with E-state index in [1.807, 2.05) is 6.20 Å². The van der Waals surface area contributed by atoms with Crippen molar-refractivity contribution >= 4 is 6.03 Å². The molecule has 1 aliphatic rings. The third-order valence-corrected chi connectivity index (χ3v) is 4.16. The molecule has 5 nitrogen and oxygen atoms in total. The quantitative estimate of drug-likeness (QED) is 0.891. The standard InChI is InChI=1S/C18H24N4O/c1-13(2)12-22-8-7-19-17(22)11-20-18(23)21-16-9-14-5-3-4-6-15(14)10-16/h3-8,13,16H,9-12H2,1-2H3,(H2,20,21,23). The second-order valence-corrected chi connectivity index (χ2v) is 6.59. The molecule has 2 N–H and O–H groups in total. The topological polar surface area (TPSA) is 59.0 Å². The van der Waals surface area contributed by atoms with Crippen LogP contribution in [0.3, 0.4) is 0 Å². The van der Waals surface area contributed by atoms with Crippen molar-refractivity contribution in [3.63, 3.8) is 0 Å². The van der Waals surface area contributed by atoms with Crippen LogP contribution >= 0.6 is 0 Å². The van der Waals surface area contributed by atoms with Crippen molar-refractivity contribution in [1.82, 2.24) is 20.2 Å². The number of carbonyl (C=O) groups excluding carboxylic acids is 1. The molecule has 1 aromatic carbocycles. The minimum absolute atomic E-state index is 0.123. The van der Waals surface area contributed by atoms with Gasteiger partial charge in [-0.25, -0.2) is 9.78 Å². The Morgan fingerprint density at radius 1 is 1.30 bits per heavy atom. The number of fused-ring (bicyclic) bond motifs is 1. The van der Waals surface area contributed by atoms with Crippen molar-refractivity contribution in [3.05, 3.63) is 53.6 Å². The zero-order valence-corrected chi connectivity index (χ0v) is 13.7. The van der Waals surface area contributed by atoms with Gasteiger partial charge in [0.1, 0.15) is 5.82 Å². The second kappa shape index (κ2) is 6.86. The Kier molecular flexibility index (Phi) is 4.65. The van der Waals surface area contributed by atoms with Gasteiger partial charge in [0, 0.05) is 25.0 Å². The Labute approximate surface area is 137 Å². The highest BCUT2D eigenvalue weighted by atomic mass is 16.2. The maximum absolute atomic E-state index is 12.1. The van der Waals surface area contributed by atoms with Gasteiger partial charge in [0.25, 0.3) is 0 Å². The monoisotopic (exact) mass is 312 g/mol. The predicted octanol–water partition coefficient (Wildman–Crippen LogP) is 2.51. The van der Waals surface area contributed by atoms with E-state index in [2.05, 4.69) is 58.3 Å². The number of rotatable bonds is 5. The molecule has 0 atom stereocenters. The highest BCUT2D eigenvalue weighted by molar-refractivity contribution is 5.74. The number of amides is 2. The van der Waals surface area contributed by atoms with Crippen molar-refractivity contribution in [2.24, 2.45) is 5.92 Å². The first-order valence-corrected chi connectivity index (χ1v) is 8.23. The summed E-state index contributed by atoms with van der Waals surface area (Å²) in [6.45, 7) is 5.70. The summed E-state index contributed by atoms with van der Waals surface area (Å²) in [5.74, 6) is 1.44. The maximum atomic E-state index is 12.1. The Balaban J connectivity index is 1.49. The molecule has 2 aromatic rings. The van der Waals surface area contributed by atoms with Crippen LogP contribution in [-0.4, -0.2) is 21.6 Å². The van der Waals surface area contributed by atoms with Gasteiger partial charge in [0.05, 0.1) is 6.54 Å². The molecule has 0 saturated heterocycles. The van der Waals surface area contributed by atoms with Gasteiger partial charge in [0.2, 0.25) is 0 Å². The van der Waals surface area contributed by atoms with Crippen LogP contribution in [-0.2, 0) is 25.9 Å². The Morgan fingerprint density at radius 3 is 2.65 bits per heavy atom. The smallest absolute Gasteiger partial charge is 0.315 e. The minimum Gasteiger partial charge on any atom is -0.335 e. The molecule has 2 amide bonds. The number of nitrogens with one attached hydrogen (secondary N) is 2. The van der Waals surface area contributed by atoms with E-state index < -0.39 is 0 Å². The number of imidazole rings is 1. The summed E-state index contributed by atoms with van der Waals surface area (Å²) in [6, 6.07) is 8.44. The molecular formula is C18H24N4O. The Hall–Kier alpha value is -2.30. The van der Waals surface area contributed by atoms with E-state index in [0.29, 0.717) is 12.5 Å². The SMILES string of the molecule is CC(C)Cn1ccnc1CNC(=O)NC1Cc2ccccc2C1. The molecule has 1 aromatic heterocycles. The molecule has 0 spiro atoms. The summed E-state index contributed by atoms with van der Waals surface area (Å²) in [7, 11) is 0. The third-order valence-electron chi connectivity index (χ3n) is 4.16. The van der Waals surface area contributed by atoms with Crippen LogP contribution in [0.1, 0.15) is 30.8 Å². The molecule has 0 saturated carbocycles. The first-order chi connectivity index (χ1) is 11.1. The lowest BCUT2D eigenvalue weighted by atomic mass is 10.1. The molecule has 1 heterocycles. The van der Waals surface area contributed by atoms with Gasteiger partial charge in [-0.15, -0.1) is 0 Å². The molecule has 3 rings (SSSR count). The molecule has 0 unspecified atom stereocenters. The van der Waals surface area contributed by atoms with E-state index in [9.17, 15) is 4.79 Å². The van der Waals surface area contributed by atoms with Gasteiger partial charge in [-0.05, 0) is 29.9 Å². The summed E-state index contributed by atoms with van der Waals surface area (Å²) < 4.78 is 2.09. The number of benzene rings is 1. The zero-order chi connectivity index (χ0) is 16.2. The van der Waals surface area contributed by atoms with Crippen LogP contribution in [0, 0.1) is 5.92 Å². The van der Waals surface area contributed by atoms with E-state index in [0.717, 1.165) is 25.2 Å². The van der Waals surface area contributed by atoms with Crippen LogP contribution in [0.4, 0.5) is 4.79 Å². The number of urea groups is 1. The average Bonchev–Trinajstić information content (AvgIpc) is 3.10. The zero-order valence-electron chi connectivity index (χ0n) is 13.7. The van der Waals surface area contributed by atoms with Gasteiger partial charge in [0.15, 0.2) is 0 Å². The second-order valence-electron chi connectivity index (χ2n) is 6.59. The first kappa shape index (κ1) is 15.6. The van der Waals surface area contributed by atoms with E-state index in [1.54, 1.807) is 6.20 Å². The average molecular weight is 312 g/mol. The van der Waals surface area contributed by atoms with Crippen molar-refractivity contribution in [3.8, 4) is 0 Å². The van der Waals surface area contributed by atoms with Crippen LogP contribution in [0.15, 0.2) is 36.7 Å². The van der Waals surface area contributed by atoms with Gasteiger partial charge >= 0.3 is 6.03 Å². The maximum Gasteiger partial charge on any atom is 0.315 e. The molecular weight excluding hydrogens is 288 g/mol. The summed E-state index contributed by atoms with van der Waals surface area (Å²) in [5, 5.41) is 5.98. The normalized spacial score (nSPS) is 14.0. The highest BCUT2D eigenvalue weighted by Crippen LogP contribution is 2.21. The fourth-order valence-corrected chi connectivity index (χ4v) is 3.12. The summed E-state index contributed by atoms with van der Waals surface area (Å²) in [5.41, 5.74) is 2.68. The van der Waals surface area contributed by atoms with Crippen LogP contribution < -0.4 is 10.6 Å². The number of aromatic nitrogens is 2. The predicted molar refractivity (Wildman–Crippen MR) is 90.1 cm³/mol. The Bertz CT molecular complexity index is 652. The number of nitrogens with zero attached hydrogens (tertiary/aromatic N) is 2. The molecule has 122 valence electrons. The summed E-state index contributed by atoms with van der Waals surface area (Å²) in [4.78, 5) is 16.4. The molecule has 0 radical (unpaired) electrons. The van der Waals surface area contributed by atoms with Crippen molar-refractivity contribution in [2.75, 3.05) is 0 Å². The van der Waals surface area contributed by atoms with E-state index in [-0.39, 0.29) is 12.1 Å². The van der Waals surface area contributed by atoms with Crippen molar-refractivity contribution in [2.45, 2.75) is 45.8 Å². The molecule has 0 aliphatic heterocycles. The van der Waals surface area contributed by atoms with Gasteiger partial charge in [-0.1, -0.05) is 38.1 Å². The van der Waals surface area contributed by atoms with Gasteiger partial charge < -0.3 is 15.2 Å². The minimum atomic E-state index is -0.123. The first-order valence-electron chi connectivity index (χ1n) is 8.23. The third kappa shape index (κ3) is 3.92. The van der Waals surface area contributed by atoms with E-state index in [1.165, 1.54) is 11.1 Å². The van der Waals surface area contributed by atoms with E-state index in [4.69, 9.17) is 0 Å². The largest absolute Gasteiger partial charge is 0.335 e. The summed E-state index contributed by atoms with van der Waals surface area (Å²) >= 11 is 0. The van der Waals surface area contributed by atoms with Gasteiger partial charge in [-0.3, -0.25) is 0 Å². The number of hydrogen-bond acceptors (Lipinski definition) is 2. The fraction of sp³-hybridized carbons (Fsp3) is 0.444. The van der Waals surface area contributed by atoms with Gasteiger partial charge in [-0.2, -0.15) is 0 Å².